The van der Waals surface area contributed by atoms with E-state index < -0.39 is 35.0 Å². The Morgan fingerprint density at radius 3 is 2.47 bits per heavy atom. The number of benzene rings is 2. The number of nitrogens with zero attached hydrogens (tertiary/aromatic N) is 3. The average Bonchev–Trinajstić information content (AvgIpc) is 2.77. The zero-order valence-electron chi connectivity index (χ0n) is 15.9. The summed E-state index contributed by atoms with van der Waals surface area (Å²) in [6.07, 6.45) is -8.29. The average molecular weight is 473 g/mol. The monoisotopic (exact) mass is 473 g/mol. The van der Waals surface area contributed by atoms with Crippen LogP contribution in [0.25, 0.3) is 11.4 Å². The van der Waals surface area contributed by atoms with E-state index in [4.69, 9.17) is 4.74 Å². The van der Waals surface area contributed by atoms with Gasteiger partial charge in [-0.05, 0) is 36.4 Å². The van der Waals surface area contributed by atoms with Crippen LogP contribution in [0.2, 0.25) is 0 Å². The van der Waals surface area contributed by atoms with E-state index in [1.54, 1.807) is 0 Å². The lowest BCUT2D eigenvalue weighted by Gasteiger charge is -2.31. The summed E-state index contributed by atoms with van der Waals surface area (Å²) in [5.41, 5.74) is -1.62. The molecule has 12 heteroatoms. The molecule has 0 aliphatic carbocycles. The van der Waals surface area contributed by atoms with Crippen molar-refractivity contribution in [2.75, 3.05) is 17.5 Å². The van der Waals surface area contributed by atoms with Gasteiger partial charge in [0.2, 0.25) is 0 Å². The normalized spacial score (nSPS) is 15.2. The molecule has 2 aromatic carbocycles. The van der Waals surface area contributed by atoms with Crippen LogP contribution in [0.3, 0.4) is 0 Å². The van der Waals surface area contributed by atoms with Gasteiger partial charge in [0.05, 0.1) is 5.56 Å². The summed E-state index contributed by atoms with van der Waals surface area (Å²) in [5, 5.41) is 0. The molecule has 0 bridgehead atoms. The summed E-state index contributed by atoms with van der Waals surface area (Å²) in [6.45, 7) is 0.208. The number of halogens is 6. The number of fused-ring (bicyclic) bond motifs is 1. The van der Waals surface area contributed by atoms with E-state index in [0.717, 1.165) is 30.5 Å². The molecule has 4 rings (SSSR count). The Hall–Kier alpha value is -2.99. The molecule has 0 fully saturated rings. The molecule has 1 aliphatic rings. The van der Waals surface area contributed by atoms with Crippen LogP contribution in [0.4, 0.5) is 32.0 Å². The lowest BCUT2D eigenvalue weighted by atomic mass is 10.1. The molecule has 0 amide bonds. The van der Waals surface area contributed by atoms with Crippen LogP contribution in [0.5, 0.6) is 5.75 Å². The number of hydrogen-bond donors (Lipinski definition) is 0. The van der Waals surface area contributed by atoms with Crippen molar-refractivity contribution in [3.05, 3.63) is 66.0 Å². The Balaban J connectivity index is 1.71. The molecule has 5 nitrogen and oxygen atoms in total. The van der Waals surface area contributed by atoms with Crippen LogP contribution in [0.15, 0.2) is 59.6 Å². The third-order valence-electron chi connectivity index (χ3n) is 4.55. The topological polar surface area (TPSA) is 61.3 Å². The van der Waals surface area contributed by atoms with E-state index >= 15 is 0 Å². The van der Waals surface area contributed by atoms with Crippen molar-refractivity contribution in [2.45, 2.75) is 17.2 Å². The first-order valence-corrected chi connectivity index (χ1v) is 10.2. The highest BCUT2D eigenvalue weighted by Crippen LogP contribution is 2.39. The Kier molecular flexibility index (Phi) is 5.67. The molecule has 2 heterocycles. The van der Waals surface area contributed by atoms with Gasteiger partial charge in [-0.3, -0.25) is 0 Å². The minimum Gasteiger partial charge on any atom is -0.588 e. The Labute approximate surface area is 181 Å². The number of ether oxygens (including phenoxy) is 1. The quantitative estimate of drug-likeness (QED) is 0.391. The minimum absolute atomic E-state index is 0.0756. The highest BCUT2D eigenvalue weighted by molar-refractivity contribution is 7.92. The van der Waals surface area contributed by atoms with Crippen LogP contribution in [0, 0.1) is 0 Å². The largest absolute Gasteiger partial charge is 0.588 e. The molecule has 32 heavy (non-hydrogen) atoms. The molecule has 1 unspecified atom stereocenters. The van der Waals surface area contributed by atoms with Crippen molar-refractivity contribution >= 4 is 17.0 Å². The molecular weight excluding hydrogens is 460 g/mol. The lowest BCUT2D eigenvalue weighted by molar-refractivity contribution is -0.141. The Morgan fingerprint density at radius 2 is 1.75 bits per heavy atom. The summed E-state index contributed by atoms with van der Waals surface area (Å²) in [4.78, 5) is 7.33. The fourth-order valence-corrected chi connectivity index (χ4v) is 4.31. The van der Waals surface area contributed by atoms with Gasteiger partial charge in [-0.1, -0.05) is 6.07 Å². The molecular formula is C20H13F6N3O2S. The molecule has 168 valence electrons. The number of rotatable bonds is 3. The predicted octanol–water partition coefficient (Wildman–Crippen LogP) is 5.10. The van der Waals surface area contributed by atoms with Crippen LogP contribution in [-0.2, 0) is 23.7 Å². The molecule has 0 spiro atoms. The number of hydrogen-bond acceptors (Lipinski definition) is 5. The second-order valence-corrected chi connectivity index (χ2v) is 8.08. The fraction of sp³-hybridized carbons (Fsp3) is 0.200. The van der Waals surface area contributed by atoms with Crippen LogP contribution < -0.4 is 9.04 Å². The maximum Gasteiger partial charge on any atom is 0.433 e. The summed E-state index contributed by atoms with van der Waals surface area (Å²) in [6, 6.07) is 9.18. The van der Waals surface area contributed by atoms with Crippen molar-refractivity contribution < 1.29 is 35.6 Å². The van der Waals surface area contributed by atoms with E-state index in [9.17, 15) is 30.9 Å². The molecule has 0 radical (unpaired) electrons. The summed E-state index contributed by atoms with van der Waals surface area (Å²) < 4.78 is 98.0. The zero-order valence-corrected chi connectivity index (χ0v) is 16.8. The van der Waals surface area contributed by atoms with E-state index in [2.05, 4.69) is 9.97 Å². The molecule has 1 atom stereocenters. The molecule has 0 saturated carbocycles. The van der Waals surface area contributed by atoms with E-state index in [-0.39, 0.29) is 40.9 Å². The fourth-order valence-electron chi connectivity index (χ4n) is 3.07. The highest BCUT2D eigenvalue weighted by Gasteiger charge is 2.35. The lowest BCUT2D eigenvalue weighted by Crippen LogP contribution is -2.38. The van der Waals surface area contributed by atoms with Gasteiger partial charge in [-0.25, -0.2) is 9.97 Å². The molecule has 0 N–H and O–H groups in total. The third kappa shape index (κ3) is 4.46. The van der Waals surface area contributed by atoms with Gasteiger partial charge >= 0.3 is 12.4 Å². The molecule has 0 saturated heterocycles. The summed E-state index contributed by atoms with van der Waals surface area (Å²) in [5.74, 6) is 0.0744. The van der Waals surface area contributed by atoms with Gasteiger partial charge < -0.3 is 9.29 Å². The minimum atomic E-state index is -4.66. The number of aromatic nitrogens is 2. The van der Waals surface area contributed by atoms with Crippen molar-refractivity contribution in [1.82, 2.24) is 9.97 Å². The highest BCUT2D eigenvalue weighted by atomic mass is 32.2. The van der Waals surface area contributed by atoms with Crippen molar-refractivity contribution in [2.24, 2.45) is 0 Å². The Bertz CT molecular complexity index is 1140. The van der Waals surface area contributed by atoms with Gasteiger partial charge in [0.1, 0.15) is 41.6 Å². The number of anilines is 1. The smallest absolute Gasteiger partial charge is 0.433 e. The third-order valence-corrected chi connectivity index (χ3v) is 5.98. The second-order valence-electron chi connectivity index (χ2n) is 6.67. The maximum absolute atomic E-state index is 13.1. The van der Waals surface area contributed by atoms with Crippen molar-refractivity contribution in [3.8, 4) is 17.1 Å². The first kappa shape index (κ1) is 22.2. The van der Waals surface area contributed by atoms with E-state index in [1.807, 2.05) is 0 Å². The van der Waals surface area contributed by atoms with Gasteiger partial charge in [0.25, 0.3) is 0 Å². The Morgan fingerprint density at radius 1 is 0.969 bits per heavy atom. The standard InChI is InChI=1S/C20H13F6N3O2S/c21-19(22,23)13-2-1-3-14(11-13)32(30)29-8-9-31-16-5-4-12(10-15(16)29)18-27-7-6-17(28-18)20(24,25)26/h1-7,10-11H,8-9H2. The molecule has 1 aromatic heterocycles. The summed E-state index contributed by atoms with van der Waals surface area (Å²) >= 11 is -2.03. The first-order chi connectivity index (χ1) is 15.0. The number of alkyl halides is 6. The maximum atomic E-state index is 13.1. The molecule has 1 aliphatic heterocycles. The van der Waals surface area contributed by atoms with Gasteiger partial charge in [0.15, 0.2) is 10.7 Å². The second kappa shape index (κ2) is 8.17. The predicted molar refractivity (Wildman–Crippen MR) is 103 cm³/mol. The molecule has 3 aromatic rings. The van der Waals surface area contributed by atoms with Gasteiger partial charge in [-0.15, -0.1) is 0 Å². The van der Waals surface area contributed by atoms with Crippen LogP contribution in [0.1, 0.15) is 11.3 Å². The first-order valence-electron chi connectivity index (χ1n) is 9.08. The summed E-state index contributed by atoms with van der Waals surface area (Å²) in [7, 11) is 0. The SMILES string of the molecule is [O-][S+](c1cccc(C(F)(F)F)c1)N1CCOc2ccc(-c3nccc(C(F)(F)F)n3)cc21. The van der Waals surface area contributed by atoms with Crippen molar-refractivity contribution in [1.29, 1.82) is 0 Å². The van der Waals surface area contributed by atoms with E-state index in [0.29, 0.717) is 0 Å². The van der Waals surface area contributed by atoms with Gasteiger partial charge in [0, 0.05) is 17.8 Å². The van der Waals surface area contributed by atoms with Gasteiger partial charge in [-0.2, -0.15) is 30.6 Å². The van der Waals surface area contributed by atoms with E-state index in [1.165, 1.54) is 28.6 Å². The van der Waals surface area contributed by atoms with Crippen molar-refractivity contribution in [3.63, 3.8) is 0 Å². The van der Waals surface area contributed by atoms with Crippen LogP contribution in [-0.4, -0.2) is 27.7 Å². The zero-order chi connectivity index (χ0) is 23.1. The van der Waals surface area contributed by atoms with Crippen LogP contribution >= 0.6 is 0 Å².